The van der Waals surface area contributed by atoms with Gasteiger partial charge in [0.05, 0.1) is 0 Å². The van der Waals surface area contributed by atoms with Crippen LogP contribution in [0.1, 0.15) is 29.1 Å². The van der Waals surface area contributed by atoms with Crippen LogP contribution >= 0.6 is 0 Å². The first-order chi connectivity index (χ1) is 9.26. The summed E-state index contributed by atoms with van der Waals surface area (Å²) in [7, 11) is 0. The summed E-state index contributed by atoms with van der Waals surface area (Å²) in [6, 6.07) is 6.50. The van der Waals surface area contributed by atoms with Crippen LogP contribution in [0.2, 0.25) is 0 Å². The molecule has 0 aliphatic heterocycles. The van der Waals surface area contributed by atoms with Crippen LogP contribution in [0.15, 0.2) is 24.3 Å². The number of nitrogens with two attached hydrogens (primary N) is 1. The second-order valence-corrected chi connectivity index (χ2v) is 4.72. The van der Waals surface area contributed by atoms with E-state index in [1.807, 2.05) is 6.07 Å². The predicted octanol–water partition coefficient (Wildman–Crippen LogP) is 1.98. The van der Waals surface area contributed by atoms with E-state index in [9.17, 15) is 4.39 Å². The first-order valence-electron chi connectivity index (χ1n) is 6.36. The lowest BCUT2D eigenvalue weighted by Crippen LogP contribution is -2.14. The van der Waals surface area contributed by atoms with Gasteiger partial charge in [0.1, 0.15) is 17.5 Å². The summed E-state index contributed by atoms with van der Waals surface area (Å²) in [5.41, 5.74) is 5.68. The van der Waals surface area contributed by atoms with Gasteiger partial charge in [-0.05, 0) is 37.0 Å². The molecule has 0 fully saturated rings. The molecular formula is C14H15FN4. The number of aryl methyl sites for hydroxylation is 1. The molecule has 0 atom stereocenters. The summed E-state index contributed by atoms with van der Waals surface area (Å²) in [5.74, 6) is 6.65. The fourth-order valence-corrected chi connectivity index (χ4v) is 2.51. The van der Waals surface area contributed by atoms with E-state index in [1.165, 1.54) is 12.1 Å². The highest BCUT2D eigenvalue weighted by Gasteiger charge is 2.18. The molecule has 1 heterocycles. The molecule has 2 aromatic rings. The highest BCUT2D eigenvalue weighted by Crippen LogP contribution is 2.26. The summed E-state index contributed by atoms with van der Waals surface area (Å²) in [4.78, 5) is 8.98. The van der Waals surface area contributed by atoms with Crippen LogP contribution in [-0.4, -0.2) is 9.97 Å². The second kappa shape index (κ2) is 4.93. The number of rotatable bonds is 3. The van der Waals surface area contributed by atoms with Gasteiger partial charge >= 0.3 is 0 Å². The van der Waals surface area contributed by atoms with Crippen LogP contribution in [-0.2, 0) is 19.3 Å². The Labute approximate surface area is 110 Å². The Morgan fingerprint density at radius 2 is 2.16 bits per heavy atom. The van der Waals surface area contributed by atoms with Crippen LogP contribution < -0.4 is 11.3 Å². The number of hydrazine groups is 1. The van der Waals surface area contributed by atoms with Crippen molar-refractivity contribution < 1.29 is 4.39 Å². The molecule has 1 aromatic carbocycles. The Hall–Kier alpha value is -2.01. The van der Waals surface area contributed by atoms with E-state index in [2.05, 4.69) is 15.4 Å². The maximum Gasteiger partial charge on any atom is 0.147 e. The monoisotopic (exact) mass is 258 g/mol. The molecule has 1 aliphatic rings. The van der Waals surface area contributed by atoms with Gasteiger partial charge in [0.2, 0.25) is 0 Å². The lowest BCUT2D eigenvalue weighted by molar-refractivity contribution is 0.625. The number of fused-ring (bicyclic) bond motifs is 1. The third-order valence-electron chi connectivity index (χ3n) is 3.37. The van der Waals surface area contributed by atoms with Crippen molar-refractivity contribution in [1.82, 2.24) is 9.97 Å². The molecule has 0 saturated heterocycles. The molecule has 5 heteroatoms. The van der Waals surface area contributed by atoms with E-state index in [-0.39, 0.29) is 5.82 Å². The van der Waals surface area contributed by atoms with Crippen molar-refractivity contribution in [3.8, 4) is 0 Å². The zero-order valence-electron chi connectivity index (χ0n) is 10.5. The van der Waals surface area contributed by atoms with Crippen molar-refractivity contribution in [3.05, 3.63) is 52.7 Å². The highest BCUT2D eigenvalue weighted by atomic mass is 19.1. The summed E-state index contributed by atoms with van der Waals surface area (Å²) in [6.07, 6.45) is 3.53. The minimum absolute atomic E-state index is 0.240. The Balaban J connectivity index is 1.93. The molecule has 4 nitrogen and oxygen atoms in total. The molecule has 3 rings (SSSR count). The number of hydrogen-bond acceptors (Lipinski definition) is 4. The van der Waals surface area contributed by atoms with E-state index in [0.717, 1.165) is 36.1 Å². The number of benzene rings is 1. The third kappa shape index (κ3) is 2.42. The van der Waals surface area contributed by atoms with Gasteiger partial charge < -0.3 is 5.43 Å². The normalized spacial score (nSPS) is 13.4. The zero-order valence-corrected chi connectivity index (χ0v) is 10.5. The summed E-state index contributed by atoms with van der Waals surface area (Å²) in [6.45, 7) is 0. The molecule has 0 amide bonds. The Morgan fingerprint density at radius 3 is 2.95 bits per heavy atom. The number of aromatic nitrogens is 2. The van der Waals surface area contributed by atoms with Gasteiger partial charge in [-0.3, -0.25) is 0 Å². The van der Waals surface area contributed by atoms with Crippen LogP contribution in [0.4, 0.5) is 10.2 Å². The molecule has 0 unspecified atom stereocenters. The van der Waals surface area contributed by atoms with Crippen molar-refractivity contribution in [2.24, 2.45) is 5.84 Å². The van der Waals surface area contributed by atoms with Gasteiger partial charge in [-0.25, -0.2) is 20.2 Å². The van der Waals surface area contributed by atoms with Gasteiger partial charge in [-0.2, -0.15) is 0 Å². The minimum atomic E-state index is -0.240. The Morgan fingerprint density at radius 1 is 1.26 bits per heavy atom. The van der Waals surface area contributed by atoms with Crippen molar-refractivity contribution >= 4 is 5.82 Å². The average Bonchev–Trinajstić information content (AvgIpc) is 2.86. The number of hydrogen-bond donors (Lipinski definition) is 2. The molecule has 1 aliphatic carbocycles. The largest absolute Gasteiger partial charge is 0.308 e. The van der Waals surface area contributed by atoms with E-state index in [4.69, 9.17) is 5.84 Å². The average molecular weight is 258 g/mol. The minimum Gasteiger partial charge on any atom is -0.308 e. The second-order valence-electron chi connectivity index (χ2n) is 4.72. The van der Waals surface area contributed by atoms with Crippen molar-refractivity contribution in [2.45, 2.75) is 25.7 Å². The van der Waals surface area contributed by atoms with Gasteiger partial charge in [0.25, 0.3) is 0 Å². The number of nitrogen functional groups attached to an aromatic ring is 1. The van der Waals surface area contributed by atoms with Crippen LogP contribution in [0.5, 0.6) is 0 Å². The molecule has 0 spiro atoms. The Bertz CT molecular complexity index is 612. The number of nitrogens with one attached hydrogen (secondary N) is 1. The first-order valence-corrected chi connectivity index (χ1v) is 6.36. The summed E-state index contributed by atoms with van der Waals surface area (Å²) in [5, 5.41) is 0. The maximum atomic E-state index is 13.2. The SMILES string of the molecule is NNc1nc(Cc2cccc(F)c2)nc2c1CCC2. The molecule has 0 saturated carbocycles. The van der Waals surface area contributed by atoms with E-state index < -0.39 is 0 Å². The van der Waals surface area contributed by atoms with Crippen molar-refractivity contribution in [1.29, 1.82) is 0 Å². The van der Waals surface area contributed by atoms with Gasteiger partial charge in [0.15, 0.2) is 0 Å². The fraction of sp³-hybridized carbons (Fsp3) is 0.286. The molecule has 98 valence electrons. The van der Waals surface area contributed by atoms with Crippen molar-refractivity contribution in [2.75, 3.05) is 5.43 Å². The van der Waals surface area contributed by atoms with Crippen LogP contribution in [0.25, 0.3) is 0 Å². The standard InChI is InChI=1S/C14H15FN4/c15-10-4-1-3-9(7-10)8-13-17-12-6-2-5-11(12)14(18-13)19-16/h1,3-4,7H,2,5-6,8,16H2,(H,17,18,19). The van der Waals surface area contributed by atoms with Crippen LogP contribution in [0, 0.1) is 5.82 Å². The molecule has 3 N–H and O–H groups in total. The van der Waals surface area contributed by atoms with Gasteiger partial charge in [0, 0.05) is 17.7 Å². The lowest BCUT2D eigenvalue weighted by atomic mass is 10.1. The third-order valence-corrected chi connectivity index (χ3v) is 3.37. The molecule has 0 bridgehead atoms. The Kier molecular flexibility index (Phi) is 3.13. The lowest BCUT2D eigenvalue weighted by Gasteiger charge is -2.09. The van der Waals surface area contributed by atoms with E-state index >= 15 is 0 Å². The number of halogens is 1. The van der Waals surface area contributed by atoms with E-state index in [0.29, 0.717) is 18.1 Å². The first kappa shape index (κ1) is 12.0. The topological polar surface area (TPSA) is 63.8 Å². The summed E-state index contributed by atoms with van der Waals surface area (Å²) < 4.78 is 13.2. The molecule has 1 aromatic heterocycles. The zero-order chi connectivity index (χ0) is 13.2. The number of anilines is 1. The predicted molar refractivity (Wildman–Crippen MR) is 71.1 cm³/mol. The smallest absolute Gasteiger partial charge is 0.147 e. The molecule has 19 heavy (non-hydrogen) atoms. The van der Waals surface area contributed by atoms with Gasteiger partial charge in [-0.1, -0.05) is 12.1 Å². The number of nitrogens with zero attached hydrogens (tertiary/aromatic N) is 2. The summed E-state index contributed by atoms with van der Waals surface area (Å²) >= 11 is 0. The van der Waals surface area contributed by atoms with Crippen LogP contribution in [0.3, 0.4) is 0 Å². The van der Waals surface area contributed by atoms with Gasteiger partial charge in [-0.15, -0.1) is 0 Å². The van der Waals surface area contributed by atoms with Crippen molar-refractivity contribution in [3.63, 3.8) is 0 Å². The maximum absolute atomic E-state index is 13.2. The fourth-order valence-electron chi connectivity index (χ4n) is 2.51. The quantitative estimate of drug-likeness (QED) is 0.652. The highest BCUT2D eigenvalue weighted by molar-refractivity contribution is 5.48. The van der Waals surface area contributed by atoms with E-state index in [1.54, 1.807) is 6.07 Å². The molecular weight excluding hydrogens is 243 g/mol. The molecule has 0 radical (unpaired) electrons.